The minimum Gasteiger partial charge on any atom is -0.408 e. The number of aromatic nitrogens is 3. The highest BCUT2D eigenvalue weighted by atomic mass is 16.4. The Hall–Kier alpha value is -3.88. The van der Waals surface area contributed by atoms with Crippen molar-refractivity contribution in [1.29, 1.82) is 0 Å². The Morgan fingerprint density at radius 3 is 2.65 bits per heavy atom. The van der Waals surface area contributed by atoms with E-state index in [0.29, 0.717) is 16.8 Å². The highest BCUT2D eigenvalue weighted by Gasteiger charge is 2.11. The van der Waals surface area contributed by atoms with E-state index in [0.717, 1.165) is 4.68 Å². The van der Waals surface area contributed by atoms with E-state index >= 15 is 0 Å². The van der Waals surface area contributed by atoms with Gasteiger partial charge in [0.25, 0.3) is 11.1 Å². The number of nitrogens with zero attached hydrogens (tertiary/aromatic N) is 1. The van der Waals surface area contributed by atoms with Crippen LogP contribution in [0.15, 0.2) is 61.3 Å². The van der Waals surface area contributed by atoms with Crippen LogP contribution in [0.25, 0.3) is 21.9 Å². The third-order valence-electron chi connectivity index (χ3n) is 3.89. The van der Waals surface area contributed by atoms with Crippen LogP contribution in [0.1, 0.15) is 0 Å². The summed E-state index contributed by atoms with van der Waals surface area (Å²) in [5, 5.41) is 5.50. The normalized spacial score (nSPS) is 11.1. The zero-order chi connectivity index (χ0) is 18.3. The van der Waals surface area contributed by atoms with Gasteiger partial charge in [-0.15, -0.1) is 0 Å². The van der Waals surface area contributed by atoms with E-state index in [-0.39, 0.29) is 17.3 Å². The number of nitrogens with one attached hydrogen (secondary N) is 3. The molecule has 0 aliphatic carbocycles. The Morgan fingerprint density at radius 2 is 1.85 bits per heavy atom. The average molecular weight is 352 g/mol. The van der Waals surface area contributed by atoms with E-state index in [2.05, 4.69) is 15.4 Å². The standard InChI is InChI=1S/C17H12N4O5/c22-14(18-9-5-6-13-12(7-9)19-17(25)26-13)8-21-16(24)11-4-2-1-3-10(11)15(23)20-21/h1-7H,8H2,(H,18,22)(H,19,25)(H,20,23). The smallest absolute Gasteiger partial charge is 0.408 e. The van der Waals surface area contributed by atoms with Crippen LogP contribution >= 0.6 is 0 Å². The molecular weight excluding hydrogens is 340 g/mol. The minimum atomic E-state index is -0.594. The van der Waals surface area contributed by atoms with Crippen LogP contribution in [0.5, 0.6) is 0 Å². The number of oxazole rings is 1. The molecule has 26 heavy (non-hydrogen) atoms. The van der Waals surface area contributed by atoms with Gasteiger partial charge in [0.05, 0.1) is 16.3 Å². The molecule has 0 fully saturated rings. The predicted molar refractivity (Wildman–Crippen MR) is 94.3 cm³/mol. The van der Waals surface area contributed by atoms with E-state index in [1.54, 1.807) is 24.3 Å². The molecule has 0 unspecified atom stereocenters. The molecule has 2 heterocycles. The lowest BCUT2D eigenvalue weighted by Crippen LogP contribution is -2.34. The molecule has 1 amide bonds. The van der Waals surface area contributed by atoms with Crippen molar-refractivity contribution < 1.29 is 9.21 Å². The number of rotatable bonds is 3. The lowest BCUT2D eigenvalue weighted by molar-refractivity contribution is -0.117. The maximum atomic E-state index is 12.4. The fourth-order valence-corrected chi connectivity index (χ4v) is 2.73. The Kier molecular flexibility index (Phi) is 3.54. The molecule has 4 rings (SSSR count). The number of carbonyl (C=O) groups excluding carboxylic acids is 1. The van der Waals surface area contributed by atoms with Gasteiger partial charge in [0, 0.05) is 5.69 Å². The van der Waals surface area contributed by atoms with Crippen LogP contribution < -0.4 is 22.2 Å². The topological polar surface area (TPSA) is 130 Å². The summed E-state index contributed by atoms with van der Waals surface area (Å²) in [5.41, 5.74) is 0.290. The minimum absolute atomic E-state index is 0.237. The average Bonchev–Trinajstić information content (AvgIpc) is 2.99. The van der Waals surface area contributed by atoms with E-state index in [9.17, 15) is 19.2 Å². The first-order valence-corrected chi connectivity index (χ1v) is 7.66. The van der Waals surface area contributed by atoms with Gasteiger partial charge in [0.1, 0.15) is 6.54 Å². The second-order valence-electron chi connectivity index (χ2n) is 5.65. The maximum absolute atomic E-state index is 12.4. The molecule has 0 saturated heterocycles. The first kappa shape index (κ1) is 15.6. The molecule has 0 aliphatic heterocycles. The summed E-state index contributed by atoms with van der Waals surface area (Å²) in [6, 6.07) is 11.0. The summed E-state index contributed by atoms with van der Waals surface area (Å²) in [6.07, 6.45) is 0. The first-order valence-electron chi connectivity index (χ1n) is 7.66. The van der Waals surface area contributed by atoms with Gasteiger partial charge in [-0.1, -0.05) is 12.1 Å². The number of amides is 1. The lowest BCUT2D eigenvalue weighted by Gasteiger charge is -2.08. The molecule has 0 aliphatic rings. The molecule has 0 spiro atoms. The molecule has 2 aromatic heterocycles. The molecule has 9 heteroatoms. The number of aromatic amines is 2. The van der Waals surface area contributed by atoms with Crippen molar-refractivity contribution in [2.75, 3.05) is 5.32 Å². The fourth-order valence-electron chi connectivity index (χ4n) is 2.73. The summed E-state index contributed by atoms with van der Waals surface area (Å²) in [7, 11) is 0. The number of hydrogen-bond acceptors (Lipinski definition) is 5. The van der Waals surface area contributed by atoms with Crippen molar-refractivity contribution in [1.82, 2.24) is 14.8 Å². The Labute approximate surface area is 143 Å². The van der Waals surface area contributed by atoms with Gasteiger partial charge in [0.2, 0.25) is 5.91 Å². The van der Waals surface area contributed by atoms with Gasteiger partial charge in [0.15, 0.2) is 5.58 Å². The number of carbonyl (C=O) groups is 1. The van der Waals surface area contributed by atoms with Gasteiger partial charge in [-0.25, -0.2) is 9.48 Å². The number of fused-ring (bicyclic) bond motifs is 2. The molecule has 9 nitrogen and oxygen atoms in total. The Morgan fingerprint density at radius 1 is 1.08 bits per heavy atom. The van der Waals surface area contributed by atoms with E-state index in [1.807, 2.05) is 0 Å². The monoisotopic (exact) mass is 352 g/mol. The van der Waals surface area contributed by atoms with Crippen molar-refractivity contribution >= 4 is 33.5 Å². The molecule has 0 bridgehead atoms. The second-order valence-corrected chi connectivity index (χ2v) is 5.65. The van der Waals surface area contributed by atoms with Gasteiger partial charge in [-0.05, 0) is 30.3 Å². The lowest BCUT2D eigenvalue weighted by atomic mass is 10.2. The van der Waals surface area contributed by atoms with Crippen LogP contribution in [0.4, 0.5) is 5.69 Å². The maximum Gasteiger partial charge on any atom is 0.417 e. The van der Waals surface area contributed by atoms with E-state index in [4.69, 9.17) is 4.42 Å². The highest BCUT2D eigenvalue weighted by Crippen LogP contribution is 2.16. The van der Waals surface area contributed by atoms with Crippen molar-refractivity contribution in [3.8, 4) is 0 Å². The summed E-state index contributed by atoms with van der Waals surface area (Å²) >= 11 is 0. The Bertz CT molecular complexity index is 1320. The van der Waals surface area contributed by atoms with Crippen molar-refractivity contribution in [2.45, 2.75) is 6.54 Å². The van der Waals surface area contributed by atoms with Gasteiger partial charge >= 0.3 is 5.76 Å². The zero-order valence-corrected chi connectivity index (χ0v) is 13.2. The summed E-state index contributed by atoms with van der Waals surface area (Å²) in [5.74, 6) is -1.10. The van der Waals surface area contributed by atoms with Gasteiger partial charge in [-0.3, -0.25) is 24.5 Å². The van der Waals surface area contributed by atoms with Crippen LogP contribution in [-0.4, -0.2) is 20.7 Å². The van der Waals surface area contributed by atoms with Crippen molar-refractivity contribution in [3.05, 3.63) is 73.7 Å². The predicted octanol–water partition coefficient (Wildman–Crippen LogP) is 0.763. The third kappa shape index (κ3) is 2.71. The number of benzene rings is 2. The molecule has 2 aromatic carbocycles. The summed E-state index contributed by atoms with van der Waals surface area (Å²) in [4.78, 5) is 50.3. The van der Waals surface area contributed by atoms with Crippen molar-refractivity contribution in [3.63, 3.8) is 0 Å². The zero-order valence-electron chi connectivity index (χ0n) is 13.2. The Balaban J connectivity index is 1.62. The quantitative estimate of drug-likeness (QED) is 0.501. The second kappa shape index (κ2) is 5.88. The molecule has 130 valence electrons. The number of hydrogen-bond donors (Lipinski definition) is 3. The third-order valence-corrected chi connectivity index (χ3v) is 3.89. The number of H-pyrrole nitrogens is 2. The van der Waals surface area contributed by atoms with Crippen LogP contribution in [0.2, 0.25) is 0 Å². The van der Waals surface area contributed by atoms with Crippen LogP contribution in [-0.2, 0) is 11.3 Å². The van der Waals surface area contributed by atoms with Gasteiger partial charge in [-0.2, -0.15) is 0 Å². The van der Waals surface area contributed by atoms with E-state index < -0.39 is 22.8 Å². The first-order chi connectivity index (χ1) is 12.5. The van der Waals surface area contributed by atoms with Crippen molar-refractivity contribution in [2.24, 2.45) is 0 Å². The molecule has 0 radical (unpaired) electrons. The molecular formula is C17H12N4O5. The van der Waals surface area contributed by atoms with E-state index in [1.165, 1.54) is 18.2 Å². The molecule has 3 N–H and O–H groups in total. The molecule has 0 saturated carbocycles. The summed E-state index contributed by atoms with van der Waals surface area (Å²) < 4.78 is 5.84. The number of anilines is 1. The SMILES string of the molecule is O=C(Cn1[nH]c(=O)c2ccccc2c1=O)Nc1ccc2oc(=O)[nH]c2c1. The largest absolute Gasteiger partial charge is 0.417 e. The van der Waals surface area contributed by atoms with Crippen LogP contribution in [0.3, 0.4) is 0 Å². The summed E-state index contributed by atoms with van der Waals surface area (Å²) in [6.45, 7) is -0.362. The van der Waals surface area contributed by atoms with Gasteiger partial charge < -0.3 is 9.73 Å². The fraction of sp³-hybridized carbons (Fsp3) is 0.0588. The van der Waals surface area contributed by atoms with Crippen LogP contribution in [0, 0.1) is 0 Å². The molecule has 0 atom stereocenters. The highest BCUT2D eigenvalue weighted by molar-refractivity contribution is 5.92. The molecule has 4 aromatic rings.